The van der Waals surface area contributed by atoms with Crippen LogP contribution in [-0.2, 0) is 14.3 Å². The van der Waals surface area contributed by atoms with Crippen molar-refractivity contribution in [2.75, 3.05) is 7.11 Å². The second-order valence-corrected chi connectivity index (χ2v) is 3.85. The maximum absolute atomic E-state index is 11.3. The van der Waals surface area contributed by atoms with Crippen molar-refractivity contribution in [3.63, 3.8) is 0 Å². The minimum absolute atomic E-state index is 0.0265. The van der Waals surface area contributed by atoms with Crippen LogP contribution in [0.1, 0.15) is 32.1 Å². The molecule has 0 saturated heterocycles. The lowest BCUT2D eigenvalue weighted by atomic mass is 10.1. The zero-order chi connectivity index (χ0) is 12.7. The number of allylic oxidation sites excluding steroid dienone is 1. The number of Topliss-reactive ketones (excluding diaryl/α,β-unsaturated/α-hetero) is 1. The van der Waals surface area contributed by atoms with E-state index in [0.717, 1.165) is 0 Å². The Bertz CT molecular complexity index is 384. The number of esters is 1. The van der Waals surface area contributed by atoms with Crippen molar-refractivity contribution in [3.05, 3.63) is 11.6 Å². The van der Waals surface area contributed by atoms with Crippen LogP contribution < -0.4 is 0 Å². The molecule has 1 unspecified atom stereocenters. The fourth-order valence-electron chi connectivity index (χ4n) is 1.53. The molecule has 0 heterocycles. The second kappa shape index (κ2) is 6.87. The van der Waals surface area contributed by atoms with Gasteiger partial charge in [0, 0.05) is 31.3 Å². The Balaban J connectivity index is 2.21. The fourth-order valence-corrected chi connectivity index (χ4v) is 1.53. The van der Waals surface area contributed by atoms with Crippen LogP contribution in [0, 0.1) is 11.8 Å². The summed E-state index contributed by atoms with van der Waals surface area (Å²) in [6.45, 7) is 0. The molecular weight excluding hydrogens is 220 g/mol. The van der Waals surface area contributed by atoms with Crippen LogP contribution in [-0.4, -0.2) is 30.1 Å². The molecule has 0 saturated carbocycles. The van der Waals surface area contributed by atoms with Crippen LogP contribution >= 0.6 is 0 Å². The molecule has 0 radical (unpaired) electrons. The number of methoxy groups -OCH3 is 1. The van der Waals surface area contributed by atoms with Gasteiger partial charge in [0.05, 0.1) is 13.2 Å². The smallest absolute Gasteiger partial charge is 0.305 e. The van der Waals surface area contributed by atoms with Gasteiger partial charge < -0.3 is 9.84 Å². The molecule has 1 aliphatic rings. The number of aliphatic hydroxyl groups excluding tert-OH is 1. The average Bonchev–Trinajstić information content (AvgIpc) is 2.62. The number of hydrogen-bond acceptors (Lipinski definition) is 4. The quantitative estimate of drug-likeness (QED) is 0.449. The van der Waals surface area contributed by atoms with Crippen LogP contribution in [0.25, 0.3) is 0 Å². The van der Waals surface area contributed by atoms with Gasteiger partial charge >= 0.3 is 5.97 Å². The molecule has 4 heteroatoms. The first kappa shape index (κ1) is 13.5. The van der Waals surface area contributed by atoms with E-state index < -0.39 is 6.10 Å². The molecule has 0 spiro atoms. The highest BCUT2D eigenvalue weighted by molar-refractivity contribution is 5.98. The Morgan fingerprint density at radius 2 is 2.35 bits per heavy atom. The first-order valence-electron chi connectivity index (χ1n) is 5.58. The van der Waals surface area contributed by atoms with Crippen molar-refractivity contribution in [2.45, 2.75) is 38.2 Å². The van der Waals surface area contributed by atoms with E-state index in [1.54, 1.807) is 6.08 Å². The molecule has 0 fully saturated rings. The summed E-state index contributed by atoms with van der Waals surface area (Å²) < 4.78 is 4.50. The van der Waals surface area contributed by atoms with E-state index in [9.17, 15) is 14.7 Å². The van der Waals surface area contributed by atoms with Gasteiger partial charge in [-0.25, -0.2) is 0 Å². The number of carbonyl (C=O) groups excluding carboxylic acids is 2. The topological polar surface area (TPSA) is 63.6 Å². The van der Waals surface area contributed by atoms with Crippen molar-refractivity contribution < 1.29 is 19.4 Å². The summed E-state index contributed by atoms with van der Waals surface area (Å²) >= 11 is 0. The van der Waals surface area contributed by atoms with Crippen LogP contribution in [0.2, 0.25) is 0 Å². The highest BCUT2D eigenvalue weighted by atomic mass is 16.5. The molecule has 1 rings (SSSR count). The lowest BCUT2D eigenvalue weighted by Crippen LogP contribution is -2.00. The maximum atomic E-state index is 11.3. The predicted molar refractivity (Wildman–Crippen MR) is 62.0 cm³/mol. The van der Waals surface area contributed by atoms with Gasteiger partial charge in [-0.2, -0.15) is 0 Å². The molecule has 0 aromatic rings. The van der Waals surface area contributed by atoms with Crippen molar-refractivity contribution in [1.82, 2.24) is 0 Å². The van der Waals surface area contributed by atoms with Crippen molar-refractivity contribution in [3.8, 4) is 11.8 Å². The van der Waals surface area contributed by atoms with Crippen molar-refractivity contribution in [2.24, 2.45) is 0 Å². The van der Waals surface area contributed by atoms with Gasteiger partial charge in [0.15, 0.2) is 5.78 Å². The predicted octanol–water partition coefficient (Wildman–Crippen LogP) is 0.983. The summed E-state index contributed by atoms with van der Waals surface area (Å²) in [7, 11) is 1.36. The Morgan fingerprint density at radius 3 is 2.94 bits per heavy atom. The third kappa shape index (κ3) is 4.83. The van der Waals surface area contributed by atoms with Crippen LogP contribution in [0.5, 0.6) is 0 Å². The molecule has 0 aromatic carbocycles. The Kier molecular flexibility index (Phi) is 5.44. The van der Waals surface area contributed by atoms with Gasteiger partial charge in [0.25, 0.3) is 0 Å². The van der Waals surface area contributed by atoms with Gasteiger partial charge in [-0.3, -0.25) is 9.59 Å². The number of rotatable bonds is 4. The molecule has 0 bridgehead atoms. The zero-order valence-corrected chi connectivity index (χ0v) is 9.86. The summed E-state index contributed by atoms with van der Waals surface area (Å²) in [6.07, 6.45) is 3.12. The zero-order valence-electron chi connectivity index (χ0n) is 9.86. The van der Waals surface area contributed by atoms with E-state index in [1.165, 1.54) is 7.11 Å². The average molecular weight is 236 g/mol. The molecule has 1 atom stereocenters. The monoisotopic (exact) mass is 236 g/mol. The molecule has 1 aliphatic carbocycles. The second-order valence-electron chi connectivity index (χ2n) is 3.85. The number of hydrogen-bond donors (Lipinski definition) is 1. The summed E-state index contributed by atoms with van der Waals surface area (Å²) in [5, 5.41) is 9.20. The molecular formula is C13H16O4. The van der Waals surface area contributed by atoms with Crippen LogP contribution in [0.3, 0.4) is 0 Å². The minimum Gasteiger partial charge on any atom is -0.469 e. The SMILES string of the molecule is COC(=O)CCCC#CCC1=CC(O)CC1=O. The van der Waals surface area contributed by atoms with Crippen molar-refractivity contribution in [1.29, 1.82) is 0 Å². The van der Waals surface area contributed by atoms with Gasteiger partial charge in [0.1, 0.15) is 0 Å². The maximum Gasteiger partial charge on any atom is 0.305 e. The van der Waals surface area contributed by atoms with E-state index in [-0.39, 0.29) is 18.2 Å². The van der Waals surface area contributed by atoms with Crippen LogP contribution in [0.15, 0.2) is 11.6 Å². The molecule has 4 nitrogen and oxygen atoms in total. The van der Waals surface area contributed by atoms with Gasteiger partial charge in [-0.05, 0) is 12.5 Å². The van der Waals surface area contributed by atoms with E-state index in [4.69, 9.17) is 0 Å². The van der Waals surface area contributed by atoms with E-state index >= 15 is 0 Å². The first-order chi connectivity index (χ1) is 8.13. The number of ether oxygens (including phenoxy) is 1. The third-order valence-corrected chi connectivity index (χ3v) is 2.46. The van der Waals surface area contributed by atoms with Crippen LogP contribution in [0.4, 0.5) is 0 Å². The summed E-state index contributed by atoms with van der Waals surface area (Å²) in [5.41, 5.74) is 0.595. The number of ketones is 1. The Hall–Kier alpha value is -1.60. The lowest BCUT2D eigenvalue weighted by Gasteiger charge is -1.94. The van der Waals surface area contributed by atoms with Gasteiger partial charge in [-0.1, -0.05) is 5.92 Å². The first-order valence-corrected chi connectivity index (χ1v) is 5.58. The highest BCUT2D eigenvalue weighted by Gasteiger charge is 2.20. The van der Waals surface area contributed by atoms with E-state index in [2.05, 4.69) is 16.6 Å². The lowest BCUT2D eigenvalue weighted by molar-refractivity contribution is -0.140. The van der Waals surface area contributed by atoms with Gasteiger partial charge in [0.2, 0.25) is 0 Å². The summed E-state index contributed by atoms with van der Waals surface area (Å²) in [5.74, 6) is 5.50. The summed E-state index contributed by atoms with van der Waals surface area (Å²) in [4.78, 5) is 22.1. The van der Waals surface area contributed by atoms with Crippen molar-refractivity contribution >= 4 is 11.8 Å². The molecule has 17 heavy (non-hydrogen) atoms. The number of unbranched alkanes of at least 4 members (excludes halogenated alkanes) is 1. The molecule has 0 aromatic heterocycles. The number of carbonyl (C=O) groups is 2. The fraction of sp³-hybridized carbons (Fsp3) is 0.538. The normalized spacial score (nSPS) is 18.4. The molecule has 0 amide bonds. The molecule has 0 aliphatic heterocycles. The largest absolute Gasteiger partial charge is 0.469 e. The Morgan fingerprint density at radius 1 is 1.59 bits per heavy atom. The molecule has 1 N–H and O–H groups in total. The third-order valence-electron chi connectivity index (χ3n) is 2.46. The minimum atomic E-state index is -0.640. The van der Waals surface area contributed by atoms with E-state index in [0.29, 0.717) is 31.3 Å². The van der Waals surface area contributed by atoms with E-state index in [1.807, 2.05) is 0 Å². The number of aliphatic hydroxyl groups is 1. The highest BCUT2D eigenvalue weighted by Crippen LogP contribution is 2.16. The summed E-state index contributed by atoms with van der Waals surface area (Å²) in [6, 6.07) is 0. The Labute approximate surface area is 101 Å². The standard InChI is InChI=1S/C13H16O4/c1-17-13(16)7-5-3-2-4-6-10-8-11(14)9-12(10)15/h8,11,14H,3,5-7,9H2,1H3. The molecule has 92 valence electrons. The van der Waals surface area contributed by atoms with Gasteiger partial charge in [-0.15, -0.1) is 5.92 Å².